The first kappa shape index (κ1) is 13.3. The quantitative estimate of drug-likeness (QED) is 0.770. The van der Waals surface area contributed by atoms with Crippen LogP contribution >= 0.6 is 0 Å². The Morgan fingerprint density at radius 1 is 1.35 bits per heavy atom. The Morgan fingerprint density at radius 3 is 2.41 bits per heavy atom. The summed E-state index contributed by atoms with van der Waals surface area (Å²) in [7, 11) is -3.83. The van der Waals surface area contributed by atoms with Crippen LogP contribution in [0.5, 0.6) is 0 Å². The average Bonchev–Trinajstić information content (AvgIpc) is 2.29. The normalized spacial score (nSPS) is 10.9. The fourth-order valence-corrected chi connectivity index (χ4v) is 1.85. The highest BCUT2D eigenvalue weighted by Gasteiger charge is 2.11. The van der Waals surface area contributed by atoms with Crippen molar-refractivity contribution in [2.75, 3.05) is 6.54 Å². The van der Waals surface area contributed by atoms with Gasteiger partial charge in [-0.25, -0.2) is 0 Å². The first-order valence-corrected chi connectivity index (χ1v) is 6.37. The minimum atomic E-state index is -3.83. The second-order valence-corrected chi connectivity index (χ2v) is 5.05. The molecule has 6 nitrogen and oxygen atoms in total. The van der Waals surface area contributed by atoms with Crippen molar-refractivity contribution >= 4 is 15.9 Å². The highest BCUT2D eigenvalue weighted by molar-refractivity contribution is 7.90. The number of benzene rings is 1. The number of hydrogen-bond donors (Lipinski definition) is 2. The number of nitrogens with one attached hydrogen (secondary N) is 2. The third-order valence-electron chi connectivity index (χ3n) is 2.13. The number of carbonyl (C=O) groups excluding carboxylic acids is 1. The lowest BCUT2D eigenvalue weighted by Gasteiger charge is -2.03. The van der Waals surface area contributed by atoms with E-state index in [9.17, 15) is 13.2 Å². The summed E-state index contributed by atoms with van der Waals surface area (Å²) >= 11 is 0. The monoisotopic (exact) mass is 255 g/mol. The predicted octanol–water partition coefficient (Wildman–Crippen LogP) is 1.08. The van der Waals surface area contributed by atoms with Crippen molar-refractivity contribution in [2.24, 2.45) is 4.52 Å². The number of rotatable bonds is 5. The van der Waals surface area contributed by atoms with Crippen molar-refractivity contribution in [3.05, 3.63) is 29.8 Å². The van der Waals surface area contributed by atoms with E-state index >= 15 is 0 Å². The third kappa shape index (κ3) is 3.95. The van der Waals surface area contributed by atoms with Crippen LogP contribution in [0.25, 0.3) is 0 Å². The number of nitrogens with zero attached hydrogens (tertiary/aromatic N) is 1. The lowest BCUT2D eigenvalue weighted by atomic mass is 10.1. The summed E-state index contributed by atoms with van der Waals surface area (Å²) in [6.45, 7) is 1.94. The Labute approximate surface area is 99.6 Å². The summed E-state index contributed by atoms with van der Waals surface area (Å²) < 4.78 is 25.0. The zero-order chi connectivity index (χ0) is 12.9. The average molecular weight is 255 g/mol. The highest BCUT2D eigenvalue weighted by atomic mass is 32.2. The van der Waals surface area contributed by atoms with Crippen LogP contribution in [0, 0.1) is 5.53 Å². The van der Waals surface area contributed by atoms with Crippen molar-refractivity contribution in [3.8, 4) is 0 Å². The molecule has 7 heteroatoms. The van der Waals surface area contributed by atoms with Gasteiger partial charge in [0.25, 0.3) is 10.0 Å². The summed E-state index contributed by atoms with van der Waals surface area (Å²) in [5.74, 6) is -0.0998. The molecular formula is C10H13N3O3S. The molecule has 0 unspecified atom stereocenters. The molecule has 0 saturated carbocycles. The zero-order valence-corrected chi connectivity index (χ0v) is 10.1. The SMILES string of the molecule is CC(=O)NCCc1ccc(S(=O)(=O)N=N)cc1. The van der Waals surface area contributed by atoms with E-state index in [2.05, 4.69) is 9.84 Å². The van der Waals surface area contributed by atoms with E-state index in [0.717, 1.165) is 5.56 Å². The molecule has 1 rings (SSSR count). The lowest BCUT2D eigenvalue weighted by Crippen LogP contribution is -2.22. The van der Waals surface area contributed by atoms with Crippen LogP contribution < -0.4 is 5.32 Å². The molecule has 1 amide bonds. The van der Waals surface area contributed by atoms with Gasteiger partial charge in [0.2, 0.25) is 5.91 Å². The Hall–Kier alpha value is -1.76. The van der Waals surface area contributed by atoms with Gasteiger partial charge in [0.15, 0.2) is 0 Å². The minimum Gasteiger partial charge on any atom is -0.356 e. The van der Waals surface area contributed by atoms with E-state index in [1.54, 1.807) is 12.1 Å². The summed E-state index contributed by atoms with van der Waals surface area (Å²) in [4.78, 5) is 10.6. The summed E-state index contributed by atoms with van der Waals surface area (Å²) in [5.41, 5.74) is 7.45. The first-order valence-electron chi connectivity index (χ1n) is 4.93. The van der Waals surface area contributed by atoms with Gasteiger partial charge in [0.05, 0.1) is 4.90 Å². The molecule has 0 aliphatic rings. The molecule has 0 radical (unpaired) electrons. The van der Waals surface area contributed by atoms with Gasteiger partial charge in [-0.3, -0.25) is 4.79 Å². The zero-order valence-electron chi connectivity index (χ0n) is 9.30. The Balaban J connectivity index is 2.69. The van der Waals surface area contributed by atoms with Crippen molar-refractivity contribution < 1.29 is 13.2 Å². The molecule has 0 spiro atoms. The maximum absolute atomic E-state index is 11.2. The largest absolute Gasteiger partial charge is 0.356 e. The van der Waals surface area contributed by atoms with Gasteiger partial charge in [-0.2, -0.15) is 13.9 Å². The Morgan fingerprint density at radius 2 is 1.94 bits per heavy atom. The lowest BCUT2D eigenvalue weighted by molar-refractivity contribution is -0.118. The van der Waals surface area contributed by atoms with Gasteiger partial charge < -0.3 is 5.32 Å². The van der Waals surface area contributed by atoms with Crippen LogP contribution in [0.2, 0.25) is 0 Å². The van der Waals surface area contributed by atoms with E-state index < -0.39 is 10.0 Å². The van der Waals surface area contributed by atoms with E-state index in [0.29, 0.717) is 13.0 Å². The summed E-state index contributed by atoms with van der Waals surface area (Å²) in [6, 6.07) is 6.08. The summed E-state index contributed by atoms with van der Waals surface area (Å²) in [6.07, 6.45) is 0.623. The second-order valence-electron chi connectivity index (χ2n) is 3.44. The Kier molecular flexibility index (Phi) is 4.33. The standard InChI is InChI=1S/C10H13N3O3S/c1-8(14)12-7-6-9-2-4-10(5-3-9)17(15,16)13-11/h2-5,11H,6-7H2,1H3,(H,12,14). The molecule has 0 saturated heterocycles. The number of carbonyl (C=O) groups is 1. The van der Waals surface area contributed by atoms with Gasteiger partial charge >= 0.3 is 0 Å². The van der Waals surface area contributed by atoms with E-state index in [1.807, 2.05) is 0 Å². The van der Waals surface area contributed by atoms with Crippen molar-refractivity contribution in [3.63, 3.8) is 0 Å². The van der Waals surface area contributed by atoms with Crippen molar-refractivity contribution in [1.29, 1.82) is 5.53 Å². The predicted molar refractivity (Wildman–Crippen MR) is 61.2 cm³/mol. The van der Waals surface area contributed by atoms with E-state index in [1.165, 1.54) is 19.1 Å². The maximum Gasteiger partial charge on any atom is 0.299 e. The van der Waals surface area contributed by atoms with Crippen molar-refractivity contribution in [1.82, 2.24) is 5.32 Å². The van der Waals surface area contributed by atoms with Gasteiger partial charge in [0, 0.05) is 13.5 Å². The molecule has 0 aromatic heterocycles. The highest BCUT2D eigenvalue weighted by Crippen LogP contribution is 2.13. The number of hydrogen-bond acceptors (Lipinski definition) is 4. The molecule has 0 bridgehead atoms. The number of amides is 1. The second kappa shape index (κ2) is 5.53. The first-order chi connectivity index (χ1) is 7.95. The number of sulfonamides is 1. The third-order valence-corrected chi connectivity index (χ3v) is 3.24. The molecule has 2 N–H and O–H groups in total. The fraction of sp³-hybridized carbons (Fsp3) is 0.300. The molecule has 0 heterocycles. The molecule has 0 aliphatic heterocycles. The van der Waals surface area contributed by atoms with Crippen molar-refractivity contribution in [2.45, 2.75) is 18.2 Å². The molecule has 92 valence electrons. The van der Waals surface area contributed by atoms with E-state index in [-0.39, 0.29) is 10.8 Å². The molecule has 1 aromatic rings. The molecule has 1 aromatic carbocycles. The fourth-order valence-electron chi connectivity index (χ4n) is 1.26. The van der Waals surface area contributed by atoms with Gasteiger partial charge in [-0.05, 0) is 24.1 Å². The van der Waals surface area contributed by atoms with Gasteiger partial charge in [0.1, 0.15) is 0 Å². The van der Waals surface area contributed by atoms with Crippen LogP contribution in [-0.4, -0.2) is 20.9 Å². The molecule has 0 atom stereocenters. The molecule has 0 fully saturated rings. The topological polar surface area (TPSA) is 99.4 Å². The van der Waals surface area contributed by atoms with Gasteiger partial charge in [-0.15, -0.1) is 0 Å². The van der Waals surface area contributed by atoms with Crippen LogP contribution in [-0.2, 0) is 21.2 Å². The van der Waals surface area contributed by atoms with Crippen LogP contribution in [0.3, 0.4) is 0 Å². The van der Waals surface area contributed by atoms with Gasteiger partial charge in [-0.1, -0.05) is 16.7 Å². The molecule has 17 heavy (non-hydrogen) atoms. The molecular weight excluding hydrogens is 242 g/mol. The van der Waals surface area contributed by atoms with Crippen LogP contribution in [0.1, 0.15) is 12.5 Å². The van der Waals surface area contributed by atoms with Crippen LogP contribution in [0.4, 0.5) is 0 Å². The maximum atomic E-state index is 11.2. The molecule has 0 aliphatic carbocycles. The Bertz CT molecular complexity index is 508. The summed E-state index contributed by atoms with van der Waals surface area (Å²) in [5, 5.41) is 2.64. The minimum absolute atomic E-state index is 0.00391. The smallest absolute Gasteiger partial charge is 0.299 e. The van der Waals surface area contributed by atoms with E-state index in [4.69, 9.17) is 5.53 Å². The van der Waals surface area contributed by atoms with Crippen LogP contribution in [0.15, 0.2) is 33.7 Å².